The van der Waals surface area contributed by atoms with Crippen LogP contribution in [0.15, 0.2) is 72.6 Å². The number of ether oxygens (including phenoxy) is 2. The van der Waals surface area contributed by atoms with Crippen molar-refractivity contribution in [1.82, 2.24) is 0 Å². The minimum atomic E-state index is -2.88. The highest BCUT2D eigenvalue weighted by atomic mass is 19.3. The molecule has 0 spiro atoms. The molecule has 0 heterocycles. The third kappa shape index (κ3) is 4.42. The van der Waals surface area contributed by atoms with Crippen LogP contribution in [0.3, 0.4) is 0 Å². The zero-order valence-corrected chi connectivity index (χ0v) is 15.0. The van der Waals surface area contributed by atoms with Crippen LogP contribution >= 0.6 is 0 Å². The van der Waals surface area contributed by atoms with E-state index in [2.05, 4.69) is 4.74 Å². The Bertz CT molecular complexity index is 813. The van der Waals surface area contributed by atoms with Crippen molar-refractivity contribution in [3.8, 4) is 5.75 Å². The molecule has 0 saturated carbocycles. The van der Waals surface area contributed by atoms with Gasteiger partial charge in [-0.25, -0.2) is 4.39 Å². The van der Waals surface area contributed by atoms with Gasteiger partial charge in [0.05, 0.1) is 0 Å². The molecule has 0 amide bonds. The van der Waals surface area contributed by atoms with Crippen molar-refractivity contribution in [3.63, 3.8) is 0 Å². The largest absolute Gasteiger partial charge is 0.435 e. The monoisotopic (exact) mass is 374 g/mol. The lowest BCUT2D eigenvalue weighted by Gasteiger charge is -2.34. The SMILES string of the molecule is CCCOC1(c2ccc(OC(F)F)cc2)C=CC(c2ccccc2)=C(F)C1. The molecule has 1 atom stereocenters. The fraction of sp³-hybridized carbons (Fsp3) is 0.273. The first-order valence-electron chi connectivity index (χ1n) is 8.86. The molecule has 3 rings (SSSR count). The molecule has 0 aromatic heterocycles. The smallest absolute Gasteiger partial charge is 0.387 e. The molecule has 5 heteroatoms. The molecule has 0 N–H and O–H groups in total. The van der Waals surface area contributed by atoms with Crippen LogP contribution in [0.1, 0.15) is 30.9 Å². The minimum Gasteiger partial charge on any atom is -0.435 e. The van der Waals surface area contributed by atoms with Gasteiger partial charge in [-0.1, -0.05) is 55.5 Å². The maximum atomic E-state index is 15.0. The summed E-state index contributed by atoms with van der Waals surface area (Å²) in [6.07, 6.45) is 4.40. The molecule has 0 fully saturated rings. The molecule has 2 aromatic carbocycles. The van der Waals surface area contributed by atoms with Gasteiger partial charge in [0, 0.05) is 18.6 Å². The van der Waals surface area contributed by atoms with Crippen LogP contribution in [0.25, 0.3) is 5.57 Å². The van der Waals surface area contributed by atoms with Crippen molar-refractivity contribution >= 4 is 5.57 Å². The molecule has 0 bridgehead atoms. The van der Waals surface area contributed by atoms with E-state index in [0.29, 0.717) is 17.7 Å². The lowest BCUT2D eigenvalue weighted by Crippen LogP contribution is -2.30. The van der Waals surface area contributed by atoms with Crippen molar-refractivity contribution < 1.29 is 22.6 Å². The zero-order chi connectivity index (χ0) is 19.3. The third-order valence-corrected chi connectivity index (χ3v) is 4.45. The fourth-order valence-electron chi connectivity index (χ4n) is 3.15. The molecule has 0 aliphatic heterocycles. The molecule has 2 aromatic rings. The summed E-state index contributed by atoms with van der Waals surface area (Å²) in [7, 11) is 0. The second-order valence-corrected chi connectivity index (χ2v) is 6.34. The molecule has 1 aliphatic rings. The van der Waals surface area contributed by atoms with Gasteiger partial charge in [0.1, 0.15) is 17.2 Å². The van der Waals surface area contributed by atoms with Gasteiger partial charge in [0.15, 0.2) is 0 Å². The van der Waals surface area contributed by atoms with Gasteiger partial charge < -0.3 is 9.47 Å². The summed E-state index contributed by atoms with van der Waals surface area (Å²) in [5, 5.41) is 0. The Kier molecular flexibility index (Phi) is 6.01. The van der Waals surface area contributed by atoms with Crippen molar-refractivity contribution in [1.29, 1.82) is 0 Å². The van der Waals surface area contributed by atoms with Crippen molar-refractivity contribution in [2.24, 2.45) is 0 Å². The molecule has 1 aliphatic carbocycles. The molecular weight excluding hydrogens is 353 g/mol. The van der Waals surface area contributed by atoms with Gasteiger partial charge in [0.25, 0.3) is 0 Å². The highest BCUT2D eigenvalue weighted by Crippen LogP contribution is 2.42. The Morgan fingerprint density at radius 3 is 2.33 bits per heavy atom. The second-order valence-electron chi connectivity index (χ2n) is 6.34. The molecular formula is C22H21F3O2. The molecule has 1 unspecified atom stereocenters. The van der Waals surface area contributed by atoms with Gasteiger partial charge in [-0.05, 0) is 35.8 Å². The number of halogens is 3. The van der Waals surface area contributed by atoms with Gasteiger partial charge in [-0.15, -0.1) is 0 Å². The van der Waals surface area contributed by atoms with Gasteiger partial charge >= 0.3 is 6.61 Å². The number of hydrogen-bond acceptors (Lipinski definition) is 2. The van der Waals surface area contributed by atoms with E-state index in [1.54, 1.807) is 18.2 Å². The van der Waals surface area contributed by atoms with Crippen LogP contribution in [0.5, 0.6) is 5.75 Å². The predicted molar refractivity (Wildman–Crippen MR) is 99.2 cm³/mol. The Morgan fingerprint density at radius 1 is 1.04 bits per heavy atom. The molecule has 142 valence electrons. The van der Waals surface area contributed by atoms with E-state index in [9.17, 15) is 8.78 Å². The maximum Gasteiger partial charge on any atom is 0.387 e. The van der Waals surface area contributed by atoms with E-state index in [0.717, 1.165) is 12.0 Å². The van der Waals surface area contributed by atoms with Crippen molar-refractivity contribution in [2.75, 3.05) is 6.61 Å². The standard InChI is InChI=1S/C22H21F3O2/c1-2-14-26-22(17-8-10-18(11-9-17)27-21(24)25)13-12-19(20(23)15-22)16-6-4-3-5-7-16/h3-13,21H,2,14-15H2,1H3. The van der Waals surface area contributed by atoms with Crippen molar-refractivity contribution in [2.45, 2.75) is 32.0 Å². The molecule has 0 saturated heterocycles. The Balaban J connectivity index is 1.91. The van der Waals surface area contributed by atoms with E-state index in [1.165, 1.54) is 12.1 Å². The number of hydrogen-bond donors (Lipinski definition) is 0. The first-order valence-corrected chi connectivity index (χ1v) is 8.86. The van der Waals surface area contributed by atoms with E-state index < -0.39 is 12.2 Å². The summed E-state index contributed by atoms with van der Waals surface area (Å²) in [6.45, 7) is -0.459. The number of alkyl halides is 2. The average Bonchev–Trinajstić information content (AvgIpc) is 2.67. The Labute approximate surface area is 156 Å². The summed E-state index contributed by atoms with van der Waals surface area (Å²) in [5.41, 5.74) is 1.05. The summed E-state index contributed by atoms with van der Waals surface area (Å²) in [6, 6.07) is 15.5. The number of allylic oxidation sites excluding steroid dienone is 2. The summed E-state index contributed by atoms with van der Waals surface area (Å²) in [5.74, 6) is -0.215. The first kappa shape index (κ1) is 19.2. The van der Waals surface area contributed by atoms with Crippen LogP contribution in [-0.2, 0) is 10.3 Å². The lowest BCUT2D eigenvalue weighted by atomic mass is 9.83. The lowest BCUT2D eigenvalue weighted by molar-refractivity contribution is -0.0499. The van der Waals surface area contributed by atoms with E-state index in [1.807, 2.05) is 43.3 Å². The second kappa shape index (κ2) is 8.44. The number of rotatable bonds is 7. The van der Waals surface area contributed by atoms with Crippen LogP contribution in [0, 0.1) is 0 Å². The van der Waals surface area contributed by atoms with E-state index >= 15 is 4.39 Å². The minimum absolute atomic E-state index is 0.0444. The molecule has 2 nitrogen and oxygen atoms in total. The average molecular weight is 374 g/mol. The normalized spacial score (nSPS) is 19.6. The van der Waals surface area contributed by atoms with Gasteiger partial charge in [-0.3, -0.25) is 0 Å². The summed E-state index contributed by atoms with van der Waals surface area (Å²) >= 11 is 0. The first-order chi connectivity index (χ1) is 13.0. The molecule has 27 heavy (non-hydrogen) atoms. The third-order valence-electron chi connectivity index (χ3n) is 4.45. The van der Waals surface area contributed by atoms with Gasteiger partial charge in [-0.2, -0.15) is 8.78 Å². The summed E-state index contributed by atoms with van der Waals surface area (Å²) in [4.78, 5) is 0. The van der Waals surface area contributed by atoms with Crippen LogP contribution in [0.2, 0.25) is 0 Å². The highest BCUT2D eigenvalue weighted by Gasteiger charge is 2.35. The zero-order valence-electron chi connectivity index (χ0n) is 15.0. The quantitative estimate of drug-likeness (QED) is 0.570. The van der Waals surface area contributed by atoms with Crippen LogP contribution in [-0.4, -0.2) is 13.2 Å². The van der Waals surface area contributed by atoms with Crippen molar-refractivity contribution in [3.05, 3.63) is 83.7 Å². The Hall–Kier alpha value is -2.53. The topological polar surface area (TPSA) is 18.5 Å². The van der Waals surface area contributed by atoms with E-state index in [4.69, 9.17) is 4.74 Å². The maximum absolute atomic E-state index is 15.0. The fourth-order valence-corrected chi connectivity index (χ4v) is 3.15. The molecule has 0 radical (unpaired) electrons. The van der Waals surface area contributed by atoms with Gasteiger partial charge in [0.2, 0.25) is 0 Å². The summed E-state index contributed by atoms with van der Waals surface area (Å²) < 4.78 is 50.2. The highest BCUT2D eigenvalue weighted by molar-refractivity contribution is 5.77. The number of benzene rings is 2. The van der Waals surface area contributed by atoms with Crippen LogP contribution < -0.4 is 4.74 Å². The predicted octanol–water partition coefficient (Wildman–Crippen LogP) is 6.25. The van der Waals surface area contributed by atoms with E-state index in [-0.39, 0.29) is 18.0 Å². The Morgan fingerprint density at radius 2 is 1.74 bits per heavy atom. The van der Waals surface area contributed by atoms with Crippen LogP contribution in [0.4, 0.5) is 13.2 Å².